The Morgan fingerprint density at radius 1 is 1.03 bits per heavy atom. The van der Waals surface area contributed by atoms with Crippen LogP contribution in [0.1, 0.15) is 22.3 Å². The molecule has 0 saturated carbocycles. The van der Waals surface area contributed by atoms with Crippen molar-refractivity contribution in [1.82, 2.24) is 4.90 Å². The molecule has 2 unspecified atom stereocenters. The maximum absolute atomic E-state index is 13.4. The largest absolute Gasteiger partial charge is 0.497 e. The predicted octanol–water partition coefficient (Wildman–Crippen LogP) is 3.47. The first kappa shape index (κ1) is 20.7. The molecule has 162 valence electrons. The molecule has 2 amide bonds. The van der Waals surface area contributed by atoms with Crippen LogP contribution in [0, 0.1) is 0 Å². The van der Waals surface area contributed by atoms with Gasteiger partial charge in [-0.05, 0) is 47.9 Å². The summed E-state index contributed by atoms with van der Waals surface area (Å²) in [4.78, 5) is 28.5. The zero-order valence-electron chi connectivity index (χ0n) is 17.6. The molecule has 0 fully saturated rings. The van der Waals surface area contributed by atoms with Crippen molar-refractivity contribution in [3.63, 3.8) is 0 Å². The van der Waals surface area contributed by atoms with Gasteiger partial charge in [-0.2, -0.15) is 0 Å². The second kappa shape index (κ2) is 8.31. The molecule has 2 aliphatic rings. The third-order valence-electron chi connectivity index (χ3n) is 5.81. The highest BCUT2D eigenvalue weighted by atomic mass is 16.5. The molecule has 4 rings (SSSR count). The van der Waals surface area contributed by atoms with Crippen LogP contribution in [-0.2, 0) is 4.74 Å². The van der Waals surface area contributed by atoms with Crippen molar-refractivity contribution in [3.05, 3.63) is 59.7 Å². The van der Waals surface area contributed by atoms with Gasteiger partial charge in [-0.15, -0.1) is 0 Å². The molecule has 0 bridgehead atoms. The molecule has 0 saturated heterocycles. The molecule has 0 aromatic heterocycles. The quantitative estimate of drug-likeness (QED) is 0.809. The monoisotopic (exact) mass is 424 g/mol. The molecule has 2 heterocycles. The zero-order valence-corrected chi connectivity index (χ0v) is 17.6. The number of hydrogen-bond donors (Lipinski definition) is 1. The van der Waals surface area contributed by atoms with Crippen molar-refractivity contribution >= 4 is 23.3 Å². The number of nitrogens with zero attached hydrogens (tertiary/aromatic N) is 2. The van der Waals surface area contributed by atoms with Gasteiger partial charge in [0.1, 0.15) is 11.5 Å². The van der Waals surface area contributed by atoms with Crippen molar-refractivity contribution in [3.8, 4) is 11.5 Å². The molecule has 2 atom stereocenters. The SMILES string of the molecule is COc1ccc(C2=CCN3C(=O)c4cc(OC)ccc4N(C(=O)O)C(OC)C3C2)cc1. The minimum Gasteiger partial charge on any atom is -0.497 e. The topological polar surface area (TPSA) is 88.5 Å². The van der Waals surface area contributed by atoms with E-state index in [4.69, 9.17) is 14.2 Å². The molecule has 2 aromatic carbocycles. The summed E-state index contributed by atoms with van der Waals surface area (Å²) in [7, 11) is 4.58. The van der Waals surface area contributed by atoms with Gasteiger partial charge in [-0.1, -0.05) is 18.2 Å². The molecule has 0 spiro atoms. The number of ether oxygens (including phenoxy) is 3. The molecule has 2 aliphatic heterocycles. The standard InChI is InChI=1S/C23H24N2O6/c1-29-16-6-4-14(5-7-16)15-10-11-24-20(12-15)22(31-3)25(23(27)28)19-9-8-17(30-2)13-18(19)21(24)26/h4-10,13,20,22H,11-12H2,1-3H3,(H,27,28). The molecule has 1 N–H and O–H groups in total. The summed E-state index contributed by atoms with van der Waals surface area (Å²) in [6.07, 6.45) is 0.400. The van der Waals surface area contributed by atoms with Crippen LogP contribution in [0.3, 0.4) is 0 Å². The Hall–Kier alpha value is -3.52. The highest BCUT2D eigenvalue weighted by Gasteiger charge is 2.44. The number of fused-ring (bicyclic) bond motifs is 2. The van der Waals surface area contributed by atoms with E-state index in [1.165, 1.54) is 14.2 Å². The molecule has 31 heavy (non-hydrogen) atoms. The highest BCUT2D eigenvalue weighted by Crippen LogP contribution is 2.38. The first-order chi connectivity index (χ1) is 15.0. The van der Waals surface area contributed by atoms with Crippen LogP contribution in [-0.4, -0.2) is 62.2 Å². The molecule has 2 aromatic rings. The number of carboxylic acid groups (broad SMARTS) is 1. The predicted molar refractivity (Wildman–Crippen MR) is 115 cm³/mol. The van der Waals surface area contributed by atoms with Gasteiger partial charge in [-0.25, -0.2) is 9.69 Å². The van der Waals surface area contributed by atoms with Crippen molar-refractivity contribution in [2.75, 3.05) is 32.8 Å². The van der Waals surface area contributed by atoms with Gasteiger partial charge in [0.15, 0.2) is 6.23 Å². The van der Waals surface area contributed by atoms with Gasteiger partial charge in [0, 0.05) is 13.7 Å². The number of methoxy groups -OCH3 is 3. The maximum Gasteiger partial charge on any atom is 0.414 e. The Morgan fingerprint density at radius 3 is 2.32 bits per heavy atom. The number of amides is 2. The van der Waals surface area contributed by atoms with Gasteiger partial charge < -0.3 is 24.2 Å². The van der Waals surface area contributed by atoms with Crippen LogP contribution in [0.4, 0.5) is 10.5 Å². The normalized spacial score (nSPS) is 20.4. The molecule has 8 nitrogen and oxygen atoms in total. The Morgan fingerprint density at radius 2 is 1.71 bits per heavy atom. The summed E-state index contributed by atoms with van der Waals surface area (Å²) in [5, 5.41) is 10.0. The van der Waals surface area contributed by atoms with Crippen LogP contribution in [0.25, 0.3) is 5.57 Å². The van der Waals surface area contributed by atoms with E-state index in [0.717, 1.165) is 21.8 Å². The van der Waals surface area contributed by atoms with Crippen LogP contribution >= 0.6 is 0 Å². The van der Waals surface area contributed by atoms with Gasteiger partial charge in [0.2, 0.25) is 0 Å². The number of benzene rings is 2. The smallest absolute Gasteiger partial charge is 0.414 e. The van der Waals surface area contributed by atoms with Crippen LogP contribution in [0.5, 0.6) is 11.5 Å². The number of anilines is 1. The van der Waals surface area contributed by atoms with Crippen molar-refractivity contribution in [2.45, 2.75) is 18.7 Å². The van der Waals surface area contributed by atoms with Crippen LogP contribution in [0.15, 0.2) is 48.5 Å². The third kappa shape index (κ3) is 3.59. The lowest BCUT2D eigenvalue weighted by atomic mass is 9.92. The molecular weight excluding hydrogens is 400 g/mol. The fraction of sp³-hybridized carbons (Fsp3) is 0.304. The lowest BCUT2D eigenvalue weighted by Crippen LogP contribution is -2.55. The summed E-state index contributed by atoms with van der Waals surface area (Å²) in [5.41, 5.74) is 2.57. The number of carbonyl (C=O) groups excluding carboxylic acids is 1. The van der Waals surface area contributed by atoms with Gasteiger partial charge in [0.05, 0.1) is 31.5 Å². The van der Waals surface area contributed by atoms with Crippen LogP contribution in [0.2, 0.25) is 0 Å². The number of carbonyl (C=O) groups is 2. The van der Waals surface area contributed by atoms with Gasteiger partial charge >= 0.3 is 6.09 Å². The molecule has 0 aliphatic carbocycles. The minimum atomic E-state index is -1.19. The number of hydrogen-bond acceptors (Lipinski definition) is 5. The maximum atomic E-state index is 13.4. The first-order valence-electron chi connectivity index (χ1n) is 9.86. The fourth-order valence-electron chi connectivity index (χ4n) is 4.25. The van der Waals surface area contributed by atoms with E-state index < -0.39 is 18.4 Å². The zero-order chi connectivity index (χ0) is 22.1. The molecule has 0 radical (unpaired) electrons. The van der Waals surface area contributed by atoms with Crippen molar-refractivity contribution < 1.29 is 28.9 Å². The van der Waals surface area contributed by atoms with Crippen LogP contribution < -0.4 is 14.4 Å². The molecule has 8 heteroatoms. The van der Waals surface area contributed by atoms with E-state index in [2.05, 4.69) is 0 Å². The summed E-state index contributed by atoms with van der Waals surface area (Å²) >= 11 is 0. The lowest BCUT2D eigenvalue weighted by Gasteiger charge is -2.39. The van der Waals surface area contributed by atoms with E-state index in [1.807, 2.05) is 30.3 Å². The Labute approximate surface area is 180 Å². The Bertz CT molecular complexity index is 1030. The van der Waals surface area contributed by atoms with E-state index in [9.17, 15) is 14.7 Å². The third-order valence-corrected chi connectivity index (χ3v) is 5.81. The Kier molecular flexibility index (Phi) is 5.56. The van der Waals surface area contributed by atoms with Gasteiger partial charge in [-0.3, -0.25) is 4.79 Å². The lowest BCUT2D eigenvalue weighted by molar-refractivity contribution is 0.0191. The average molecular weight is 424 g/mol. The highest BCUT2D eigenvalue weighted by molar-refractivity contribution is 6.05. The van der Waals surface area contributed by atoms with Crippen molar-refractivity contribution in [2.24, 2.45) is 0 Å². The number of rotatable bonds is 4. The average Bonchev–Trinajstić information content (AvgIpc) is 2.91. The first-order valence-corrected chi connectivity index (χ1v) is 9.86. The molecular formula is C23H24N2O6. The van der Waals surface area contributed by atoms with E-state index >= 15 is 0 Å². The van der Waals surface area contributed by atoms with Gasteiger partial charge in [0.25, 0.3) is 5.91 Å². The second-order valence-electron chi connectivity index (χ2n) is 7.35. The van der Waals surface area contributed by atoms with E-state index in [1.54, 1.807) is 30.2 Å². The summed E-state index contributed by atoms with van der Waals surface area (Å²) in [5.74, 6) is 0.980. The van der Waals surface area contributed by atoms with E-state index in [-0.39, 0.29) is 17.2 Å². The second-order valence-corrected chi connectivity index (χ2v) is 7.35. The summed E-state index contributed by atoms with van der Waals surface area (Å²) in [6, 6.07) is 12.0. The van der Waals surface area contributed by atoms with Crippen molar-refractivity contribution in [1.29, 1.82) is 0 Å². The minimum absolute atomic E-state index is 0.255. The van der Waals surface area contributed by atoms with E-state index in [0.29, 0.717) is 18.7 Å². The summed E-state index contributed by atoms with van der Waals surface area (Å²) < 4.78 is 16.2. The Balaban J connectivity index is 1.78. The summed E-state index contributed by atoms with van der Waals surface area (Å²) in [6.45, 7) is 0.342. The fourth-order valence-corrected chi connectivity index (χ4v) is 4.25.